The first-order chi connectivity index (χ1) is 34.7. The molecule has 7 N–H and O–H groups in total. The Morgan fingerprint density at radius 1 is 0.716 bits per heavy atom. The predicted molar refractivity (Wildman–Crippen MR) is 285 cm³/mol. The number of para-hydroxylation sites is 1. The Morgan fingerprint density at radius 2 is 1.23 bits per heavy atom. The van der Waals surface area contributed by atoms with Crippen molar-refractivity contribution in [2.45, 2.75) is 149 Å². The van der Waals surface area contributed by atoms with E-state index in [0.29, 0.717) is 16.5 Å². The second-order valence-corrected chi connectivity index (χ2v) is 21.4. The molecule has 1 aliphatic heterocycles. The number of amides is 7. The number of nitrogens with zero attached hydrogens (tertiary/aromatic N) is 3. The van der Waals surface area contributed by atoms with Gasteiger partial charge in [0.1, 0.15) is 54.5 Å². The van der Waals surface area contributed by atoms with Crippen molar-refractivity contribution < 1.29 is 48.5 Å². The summed E-state index contributed by atoms with van der Waals surface area (Å²) in [4.78, 5) is 106. The molecule has 7 amide bonds. The highest BCUT2D eigenvalue weighted by Crippen LogP contribution is 2.34. The quantitative estimate of drug-likeness (QED) is 0.106. The predicted octanol–water partition coefficient (Wildman–Crippen LogP) is 4.42. The normalized spacial score (nSPS) is 24.2. The molecule has 11 atom stereocenters. The van der Waals surface area contributed by atoms with E-state index in [-0.39, 0.29) is 30.9 Å². The summed E-state index contributed by atoms with van der Waals surface area (Å²) >= 11 is 0. The number of likely N-dealkylation sites (N-methyl/N-ethyl adjacent to an activating group) is 2. The van der Waals surface area contributed by atoms with E-state index in [4.69, 9.17) is 4.74 Å². The van der Waals surface area contributed by atoms with Crippen molar-refractivity contribution in [3.05, 3.63) is 96.2 Å². The van der Waals surface area contributed by atoms with E-state index in [2.05, 4.69) is 33.2 Å². The van der Waals surface area contributed by atoms with Crippen LogP contribution in [-0.2, 0) is 43.8 Å². The van der Waals surface area contributed by atoms with Crippen LogP contribution in [0.1, 0.15) is 112 Å². The van der Waals surface area contributed by atoms with Crippen LogP contribution in [-0.4, -0.2) is 136 Å². The molecule has 3 unspecified atom stereocenters. The maximum Gasteiger partial charge on any atom is 0.248 e. The summed E-state index contributed by atoms with van der Waals surface area (Å²) in [5, 5.41) is 37.5. The Hall–Kier alpha value is -6.37. The maximum absolute atomic E-state index is 15.4. The molecule has 2 heterocycles. The molecule has 1 saturated heterocycles. The largest absolute Gasteiger partial charge is 0.396 e. The summed E-state index contributed by atoms with van der Waals surface area (Å²) in [5.41, 5.74) is 1.59. The summed E-state index contributed by atoms with van der Waals surface area (Å²) in [5.74, 6) is -7.52. The SMILES string of the molecule is C=CC(C)(C)n1cc([C@@H](O)[C@@H]2NC(=O)C([C@H](C)C=C(C)C)NC(=O)[C@H](CC(C)C)N(C)C(=O)[C@H](C(C)C)NC(=O)C([C@H](OC)c3ccccc3)NC(=O)[C@H](C)NC(=O)C(C[C@@H](C)CO)N(C)C2=O)c2ccccc21. The van der Waals surface area contributed by atoms with Gasteiger partial charge in [-0.3, -0.25) is 33.6 Å². The lowest BCUT2D eigenvalue weighted by atomic mass is 9.94. The fourth-order valence-electron chi connectivity index (χ4n) is 9.35. The number of aromatic nitrogens is 1. The molecule has 74 heavy (non-hydrogen) atoms. The van der Waals surface area contributed by atoms with E-state index in [1.807, 2.05) is 58.2 Å². The first-order valence-electron chi connectivity index (χ1n) is 25.5. The molecule has 0 bridgehead atoms. The molecule has 3 aromatic rings. The van der Waals surface area contributed by atoms with Crippen molar-refractivity contribution in [3.63, 3.8) is 0 Å². The monoisotopic (exact) mass is 1030 g/mol. The second-order valence-electron chi connectivity index (χ2n) is 21.4. The molecule has 0 saturated carbocycles. The molecule has 0 spiro atoms. The van der Waals surface area contributed by atoms with E-state index in [1.54, 1.807) is 88.5 Å². The molecular formula is C56H82N8O10. The lowest BCUT2D eigenvalue weighted by Crippen LogP contribution is -2.62. The summed E-state index contributed by atoms with van der Waals surface area (Å²) < 4.78 is 7.76. The van der Waals surface area contributed by atoms with Crippen LogP contribution >= 0.6 is 0 Å². The van der Waals surface area contributed by atoms with Gasteiger partial charge < -0.3 is 55.9 Å². The van der Waals surface area contributed by atoms with Gasteiger partial charge in [0.2, 0.25) is 41.4 Å². The zero-order valence-corrected chi connectivity index (χ0v) is 45.8. The minimum Gasteiger partial charge on any atom is -0.396 e. The molecule has 18 nitrogen and oxygen atoms in total. The van der Waals surface area contributed by atoms with Crippen LogP contribution in [0.4, 0.5) is 0 Å². The van der Waals surface area contributed by atoms with Crippen molar-refractivity contribution in [2.75, 3.05) is 27.8 Å². The number of aliphatic hydroxyl groups is 2. The number of allylic oxidation sites excluding steroid dienone is 2. The Kier molecular flexibility index (Phi) is 21.3. The van der Waals surface area contributed by atoms with Crippen molar-refractivity contribution in [1.29, 1.82) is 0 Å². The number of carbonyl (C=O) groups excluding carboxylic acids is 7. The molecule has 406 valence electrons. The standard InChI is InChI=1S/C56H82N8O10/c1-16-56(11,12)64-29-39(38-24-20-21-25-40(38)64)47(66)45-55(73)63(14)42(28-34(8)30-65)50(68)57-36(10)49(67)61-46(48(74-15)37-22-18-17-19-23-37)53(71)58-43(33(6)7)54(72)62(13)41(27-32(4)5)51(69)59-44(52(70)60-45)35(9)26-31(2)3/h16-26,29,32-36,41-48,65-66H,1,27-28,30H2,2-15H3,(H,57,68)(H,58,71)(H,59,69)(H,60,70)(H,61,67)/t34-,35-,36+,41+,42?,43+,44?,45+,46?,47-,48-/m1/s1. The molecular weight excluding hydrogens is 945 g/mol. The van der Waals surface area contributed by atoms with E-state index in [0.717, 1.165) is 10.5 Å². The summed E-state index contributed by atoms with van der Waals surface area (Å²) in [7, 11) is 4.15. The molecule has 18 heteroatoms. The van der Waals surface area contributed by atoms with E-state index >= 15 is 9.59 Å². The third kappa shape index (κ3) is 14.5. The molecule has 4 rings (SSSR count). The van der Waals surface area contributed by atoms with Crippen molar-refractivity contribution >= 4 is 52.3 Å². The Balaban J connectivity index is 2.02. The van der Waals surface area contributed by atoms with Gasteiger partial charge in [-0.25, -0.2) is 0 Å². The summed E-state index contributed by atoms with van der Waals surface area (Å²) in [6.45, 7) is 23.1. The van der Waals surface area contributed by atoms with Crippen LogP contribution in [0.3, 0.4) is 0 Å². The zero-order valence-electron chi connectivity index (χ0n) is 45.8. The van der Waals surface area contributed by atoms with Crippen LogP contribution in [0, 0.1) is 23.7 Å². The number of methoxy groups -OCH3 is 1. The first kappa shape index (κ1) is 60.2. The van der Waals surface area contributed by atoms with Gasteiger partial charge in [-0.05, 0) is 76.8 Å². The van der Waals surface area contributed by atoms with Crippen LogP contribution in [0.5, 0.6) is 0 Å². The van der Waals surface area contributed by atoms with Gasteiger partial charge in [-0.2, -0.15) is 0 Å². The van der Waals surface area contributed by atoms with Crippen LogP contribution in [0.25, 0.3) is 10.9 Å². The van der Waals surface area contributed by atoms with Gasteiger partial charge >= 0.3 is 0 Å². The van der Waals surface area contributed by atoms with Crippen LogP contribution in [0.15, 0.2) is 85.1 Å². The van der Waals surface area contributed by atoms with Gasteiger partial charge in [0.25, 0.3) is 0 Å². The second kappa shape index (κ2) is 26.2. The molecule has 0 aliphatic carbocycles. The number of benzene rings is 2. The fourth-order valence-corrected chi connectivity index (χ4v) is 9.35. The van der Waals surface area contributed by atoms with Crippen molar-refractivity contribution in [2.24, 2.45) is 23.7 Å². The smallest absolute Gasteiger partial charge is 0.248 e. The number of nitrogens with one attached hydrogen (secondary N) is 5. The molecule has 2 aromatic carbocycles. The number of rotatable bonds is 15. The molecule has 0 radical (unpaired) electrons. The summed E-state index contributed by atoms with van der Waals surface area (Å²) in [6.07, 6.45) is 2.34. The average molecular weight is 1030 g/mol. The number of carbonyl (C=O) groups is 7. The third-order valence-electron chi connectivity index (χ3n) is 13.9. The molecule has 1 fully saturated rings. The van der Waals surface area contributed by atoms with Gasteiger partial charge in [0.05, 0.1) is 5.54 Å². The topological polar surface area (TPSA) is 241 Å². The minimum atomic E-state index is -1.81. The molecule has 1 aliphatic rings. The zero-order chi connectivity index (χ0) is 55.5. The maximum atomic E-state index is 15.4. The molecule has 1 aromatic heterocycles. The Morgan fingerprint density at radius 3 is 1.78 bits per heavy atom. The van der Waals surface area contributed by atoms with Crippen molar-refractivity contribution in [3.8, 4) is 0 Å². The highest BCUT2D eigenvalue weighted by Gasteiger charge is 2.43. The summed E-state index contributed by atoms with van der Waals surface area (Å²) in [6, 6.07) is 6.04. The number of aliphatic hydroxyl groups excluding tert-OH is 2. The average Bonchev–Trinajstić information content (AvgIpc) is 3.76. The van der Waals surface area contributed by atoms with Crippen LogP contribution in [0.2, 0.25) is 0 Å². The third-order valence-corrected chi connectivity index (χ3v) is 13.9. The Labute approximate surface area is 437 Å². The number of ether oxygens (including phenoxy) is 1. The fraction of sp³-hybridized carbons (Fsp3) is 0.554. The number of hydrogen-bond acceptors (Lipinski definition) is 10. The van der Waals surface area contributed by atoms with Crippen LogP contribution < -0.4 is 26.6 Å². The van der Waals surface area contributed by atoms with Crippen molar-refractivity contribution in [1.82, 2.24) is 41.0 Å². The Bertz CT molecular complexity index is 2500. The van der Waals surface area contributed by atoms with E-state index < -0.39 is 119 Å². The van der Waals surface area contributed by atoms with Gasteiger partial charge in [0, 0.05) is 56.4 Å². The van der Waals surface area contributed by atoms with E-state index in [1.165, 1.54) is 33.0 Å². The van der Waals surface area contributed by atoms with Gasteiger partial charge in [-0.1, -0.05) is 108 Å². The van der Waals surface area contributed by atoms with Gasteiger partial charge in [0.15, 0.2) is 0 Å². The minimum absolute atomic E-state index is 0.126. The van der Waals surface area contributed by atoms with E-state index in [9.17, 15) is 34.2 Å². The highest BCUT2D eigenvalue weighted by molar-refractivity contribution is 5.99. The van der Waals surface area contributed by atoms with Gasteiger partial charge in [-0.15, -0.1) is 6.58 Å². The lowest BCUT2D eigenvalue weighted by Gasteiger charge is -2.36. The number of hydrogen-bond donors (Lipinski definition) is 7. The number of fused-ring (bicyclic) bond motifs is 1. The first-order valence-corrected chi connectivity index (χ1v) is 25.5. The lowest BCUT2D eigenvalue weighted by molar-refractivity contribution is -0.146. The highest BCUT2D eigenvalue weighted by atomic mass is 16.5.